The fourth-order valence-electron chi connectivity index (χ4n) is 1.43. The number of benzene rings is 2. The van der Waals surface area contributed by atoms with Gasteiger partial charge in [0.2, 0.25) is 0 Å². The van der Waals surface area contributed by atoms with E-state index in [9.17, 15) is 17.6 Å². The third kappa shape index (κ3) is 2.37. The molecule has 0 aliphatic heterocycles. The maximum Gasteiger partial charge on any atom is 0.151 e. The van der Waals surface area contributed by atoms with E-state index in [2.05, 4.69) is 5.32 Å². The zero-order valence-corrected chi connectivity index (χ0v) is 8.98. The first-order chi connectivity index (χ1) is 8.47. The van der Waals surface area contributed by atoms with Gasteiger partial charge in [-0.25, -0.2) is 17.6 Å². The Hall–Kier alpha value is -2.24. The number of hydrogen-bond acceptors (Lipinski definition) is 2. The van der Waals surface area contributed by atoms with E-state index in [1.165, 1.54) is 0 Å². The molecule has 0 saturated carbocycles. The van der Waals surface area contributed by atoms with Crippen LogP contribution in [0.5, 0.6) is 0 Å². The lowest BCUT2D eigenvalue weighted by molar-refractivity contribution is 0.587. The third-order valence-electron chi connectivity index (χ3n) is 2.29. The van der Waals surface area contributed by atoms with Crippen LogP contribution in [0.1, 0.15) is 0 Å². The molecule has 0 unspecified atom stereocenters. The second-order valence-corrected chi connectivity index (χ2v) is 3.60. The number of nitrogen functional groups attached to an aromatic ring is 1. The van der Waals surface area contributed by atoms with Crippen LogP contribution in [0.25, 0.3) is 0 Å². The first-order valence-electron chi connectivity index (χ1n) is 4.94. The molecule has 0 amide bonds. The van der Waals surface area contributed by atoms with Crippen molar-refractivity contribution in [1.29, 1.82) is 0 Å². The number of nitrogens with two attached hydrogens (primary N) is 1. The van der Waals surface area contributed by atoms with Gasteiger partial charge in [-0.05, 0) is 18.2 Å². The highest BCUT2D eigenvalue weighted by atomic mass is 19.1. The van der Waals surface area contributed by atoms with E-state index >= 15 is 0 Å². The third-order valence-corrected chi connectivity index (χ3v) is 2.29. The number of nitrogens with one attached hydrogen (secondary N) is 1. The highest BCUT2D eigenvalue weighted by Crippen LogP contribution is 2.28. The largest absolute Gasteiger partial charge is 0.395 e. The van der Waals surface area contributed by atoms with E-state index in [-0.39, 0.29) is 17.1 Å². The van der Waals surface area contributed by atoms with Crippen molar-refractivity contribution in [3.8, 4) is 0 Å². The van der Waals surface area contributed by atoms with E-state index in [0.717, 1.165) is 24.3 Å². The van der Waals surface area contributed by atoms with Gasteiger partial charge in [-0.3, -0.25) is 0 Å². The quantitative estimate of drug-likeness (QED) is 0.636. The van der Waals surface area contributed by atoms with Gasteiger partial charge in [0.05, 0.1) is 17.1 Å². The minimum absolute atomic E-state index is 0.169. The molecule has 0 bridgehead atoms. The summed E-state index contributed by atoms with van der Waals surface area (Å²) in [4.78, 5) is 0. The predicted molar refractivity (Wildman–Crippen MR) is 60.4 cm³/mol. The molecule has 0 atom stereocenters. The summed E-state index contributed by atoms with van der Waals surface area (Å²) >= 11 is 0. The molecule has 0 aromatic heterocycles. The Morgan fingerprint density at radius 2 is 1.44 bits per heavy atom. The topological polar surface area (TPSA) is 38.0 Å². The van der Waals surface area contributed by atoms with Gasteiger partial charge in [0, 0.05) is 12.1 Å². The highest BCUT2D eigenvalue weighted by Gasteiger charge is 2.11. The minimum atomic E-state index is -0.977. The van der Waals surface area contributed by atoms with Crippen LogP contribution < -0.4 is 11.1 Å². The van der Waals surface area contributed by atoms with Crippen molar-refractivity contribution in [2.24, 2.45) is 0 Å². The Labute approximate surface area is 100 Å². The summed E-state index contributed by atoms with van der Waals surface area (Å²) < 4.78 is 52.4. The SMILES string of the molecule is Nc1c(F)cc(F)cc1Nc1cc(F)ccc1F. The average Bonchev–Trinajstić information content (AvgIpc) is 2.30. The number of anilines is 3. The molecule has 2 aromatic rings. The molecule has 6 heteroatoms. The normalized spacial score (nSPS) is 10.4. The number of rotatable bonds is 2. The smallest absolute Gasteiger partial charge is 0.151 e. The molecule has 0 aliphatic rings. The second kappa shape index (κ2) is 4.56. The van der Waals surface area contributed by atoms with Gasteiger partial charge >= 0.3 is 0 Å². The van der Waals surface area contributed by atoms with Crippen LogP contribution in [0.4, 0.5) is 34.6 Å². The lowest BCUT2D eigenvalue weighted by Crippen LogP contribution is -2.02. The Bertz CT molecular complexity index is 599. The van der Waals surface area contributed by atoms with Gasteiger partial charge in [0.1, 0.15) is 17.5 Å². The summed E-state index contributed by atoms with van der Waals surface area (Å²) in [5.74, 6) is -3.30. The predicted octanol–water partition coefficient (Wildman–Crippen LogP) is 3.57. The molecule has 0 fully saturated rings. The Kier molecular flexibility index (Phi) is 3.10. The molecule has 0 spiro atoms. The van der Waals surface area contributed by atoms with Crippen LogP contribution in [-0.4, -0.2) is 0 Å². The van der Waals surface area contributed by atoms with Gasteiger partial charge < -0.3 is 11.1 Å². The van der Waals surface area contributed by atoms with E-state index in [1.807, 2.05) is 0 Å². The summed E-state index contributed by atoms with van der Waals surface area (Å²) in [5.41, 5.74) is 4.57. The van der Waals surface area contributed by atoms with E-state index in [1.54, 1.807) is 0 Å². The van der Waals surface area contributed by atoms with E-state index in [0.29, 0.717) is 6.07 Å². The lowest BCUT2D eigenvalue weighted by Gasteiger charge is -2.11. The first-order valence-corrected chi connectivity index (χ1v) is 4.94. The van der Waals surface area contributed by atoms with Crippen molar-refractivity contribution in [1.82, 2.24) is 0 Å². The Morgan fingerprint density at radius 1 is 0.778 bits per heavy atom. The van der Waals surface area contributed by atoms with Gasteiger partial charge in [0.15, 0.2) is 5.82 Å². The molecule has 0 heterocycles. The molecule has 94 valence electrons. The molecular weight excluding hydrogens is 248 g/mol. The van der Waals surface area contributed by atoms with Crippen LogP contribution in [0.3, 0.4) is 0 Å². The Morgan fingerprint density at radius 3 is 2.17 bits per heavy atom. The van der Waals surface area contributed by atoms with Gasteiger partial charge in [0.25, 0.3) is 0 Å². The standard InChI is InChI=1S/C12H8F4N2/c13-6-1-2-8(15)10(4-6)18-11-5-7(14)3-9(16)12(11)17/h1-5,18H,17H2. The van der Waals surface area contributed by atoms with Gasteiger partial charge in [-0.2, -0.15) is 0 Å². The van der Waals surface area contributed by atoms with Crippen molar-refractivity contribution in [2.75, 3.05) is 11.1 Å². The molecule has 3 N–H and O–H groups in total. The summed E-state index contributed by atoms with van der Waals surface area (Å²) in [7, 11) is 0. The highest BCUT2D eigenvalue weighted by molar-refractivity contribution is 5.73. The number of halogens is 4. The monoisotopic (exact) mass is 256 g/mol. The summed E-state index contributed by atoms with van der Waals surface area (Å²) in [6.07, 6.45) is 0. The van der Waals surface area contributed by atoms with Crippen molar-refractivity contribution in [3.63, 3.8) is 0 Å². The van der Waals surface area contributed by atoms with Crippen molar-refractivity contribution < 1.29 is 17.6 Å². The molecule has 2 aromatic carbocycles. The van der Waals surface area contributed by atoms with E-state index < -0.39 is 23.3 Å². The van der Waals surface area contributed by atoms with Crippen LogP contribution in [0, 0.1) is 23.3 Å². The Balaban J connectivity index is 2.43. The zero-order valence-electron chi connectivity index (χ0n) is 8.98. The second-order valence-electron chi connectivity index (χ2n) is 3.60. The molecule has 18 heavy (non-hydrogen) atoms. The molecule has 2 nitrogen and oxygen atoms in total. The van der Waals surface area contributed by atoms with Crippen molar-refractivity contribution in [2.45, 2.75) is 0 Å². The fraction of sp³-hybridized carbons (Fsp3) is 0. The maximum absolute atomic E-state index is 13.3. The van der Waals surface area contributed by atoms with Crippen molar-refractivity contribution in [3.05, 3.63) is 53.6 Å². The molecular formula is C12H8F4N2. The van der Waals surface area contributed by atoms with Gasteiger partial charge in [-0.1, -0.05) is 0 Å². The average molecular weight is 256 g/mol. The molecule has 0 aliphatic carbocycles. The molecule has 0 saturated heterocycles. The first kappa shape index (κ1) is 12.2. The van der Waals surface area contributed by atoms with Crippen LogP contribution in [0.15, 0.2) is 30.3 Å². The fourth-order valence-corrected chi connectivity index (χ4v) is 1.43. The molecule has 2 rings (SSSR count). The van der Waals surface area contributed by atoms with Crippen LogP contribution >= 0.6 is 0 Å². The van der Waals surface area contributed by atoms with Crippen molar-refractivity contribution >= 4 is 17.1 Å². The van der Waals surface area contributed by atoms with E-state index in [4.69, 9.17) is 5.73 Å². The minimum Gasteiger partial charge on any atom is -0.395 e. The van der Waals surface area contributed by atoms with Crippen LogP contribution in [-0.2, 0) is 0 Å². The number of hydrogen-bond donors (Lipinski definition) is 2. The molecule has 0 radical (unpaired) electrons. The summed E-state index contributed by atoms with van der Waals surface area (Å²) in [5, 5.41) is 2.34. The summed E-state index contributed by atoms with van der Waals surface area (Å²) in [6, 6.07) is 4.17. The van der Waals surface area contributed by atoms with Gasteiger partial charge in [-0.15, -0.1) is 0 Å². The van der Waals surface area contributed by atoms with Crippen LogP contribution in [0.2, 0.25) is 0 Å². The maximum atomic E-state index is 13.3. The summed E-state index contributed by atoms with van der Waals surface area (Å²) in [6.45, 7) is 0. The zero-order chi connectivity index (χ0) is 13.3. The lowest BCUT2D eigenvalue weighted by atomic mass is 10.2.